The number of hydrogen-bond donors (Lipinski definition) is 1. The molecule has 0 aliphatic heterocycles. The maximum Gasteiger partial charge on any atom is 0.573 e. The molecule has 0 spiro atoms. The van der Waals surface area contributed by atoms with Crippen LogP contribution in [0, 0.1) is 0 Å². The summed E-state index contributed by atoms with van der Waals surface area (Å²) in [6.45, 7) is 0. The molecule has 0 radical (unpaired) electrons. The lowest BCUT2D eigenvalue weighted by Crippen LogP contribution is -2.17. The Balaban J connectivity index is 2.87. The monoisotopic (exact) mass is 226 g/mol. The van der Waals surface area contributed by atoms with Crippen molar-refractivity contribution in [2.75, 3.05) is 0 Å². The van der Waals surface area contributed by atoms with Crippen molar-refractivity contribution in [3.8, 4) is 11.5 Å². The minimum Gasteiger partial charge on any atom is -0.507 e. The van der Waals surface area contributed by atoms with Crippen molar-refractivity contribution in [2.24, 2.45) is 0 Å². The lowest BCUT2D eigenvalue weighted by atomic mass is 10.2. The Kier molecular flexibility index (Phi) is 3.10. The third-order valence-corrected chi connectivity index (χ3v) is 1.72. The summed E-state index contributed by atoms with van der Waals surface area (Å²) in [6.07, 6.45) is -4.76. The van der Waals surface area contributed by atoms with E-state index in [1.54, 1.807) is 0 Å². The molecule has 2 nitrogen and oxygen atoms in total. The molecule has 1 rings (SSSR count). The first-order valence-electron chi connectivity index (χ1n) is 3.56. The highest BCUT2D eigenvalue weighted by atomic mass is 35.5. The fraction of sp³-hybridized carbons (Fsp3) is 0.250. The van der Waals surface area contributed by atoms with Gasteiger partial charge >= 0.3 is 6.36 Å². The van der Waals surface area contributed by atoms with Crippen LogP contribution in [0.4, 0.5) is 13.2 Å². The fourth-order valence-electron chi connectivity index (χ4n) is 0.854. The number of alkyl halides is 4. The Morgan fingerprint density at radius 1 is 1.36 bits per heavy atom. The molecule has 1 N–H and O–H groups in total. The van der Waals surface area contributed by atoms with Gasteiger partial charge in [-0.25, -0.2) is 0 Å². The average molecular weight is 227 g/mol. The van der Waals surface area contributed by atoms with Crippen LogP contribution in [0.25, 0.3) is 0 Å². The van der Waals surface area contributed by atoms with Gasteiger partial charge in [-0.05, 0) is 6.07 Å². The molecular formula is C8H6ClF3O2. The van der Waals surface area contributed by atoms with Crippen LogP contribution >= 0.6 is 11.6 Å². The van der Waals surface area contributed by atoms with E-state index in [0.29, 0.717) is 5.56 Å². The second-order valence-electron chi connectivity index (χ2n) is 2.47. The van der Waals surface area contributed by atoms with E-state index in [2.05, 4.69) is 4.74 Å². The second kappa shape index (κ2) is 3.96. The van der Waals surface area contributed by atoms with E-state index in [1.165, 1.54) is 6.07 Å². The van der Waals surface area contributed by atoms with Crippen molar-refractivity contribution < 1.29 is 23.0 Å². The molecule has 0 aliphatic carbocycles. The molecule has 0 heterocycles. The first-order valence-corrected chi connectivity index (χ1v) is 4.09. The normalized spacial score (nSPS) is 11.4. The zero-order chi connectivity index (χ0) is 10.8. The van der Waals surface area contributed by atoms with Gasteiger partial charge in [0.25, 0.3) is 0 Å². The van der Waals surface area contributed by atoms with Crippen LogP contribution < -0.4 is 4.74 Å². The topological polar surface area (TPSA) is 29.5 Å². The molecule has 0 unspecified atom stereocenters. The lowest BCUT2D eigenvalue weighted by molar-refractivity contribution is -0.274. The number of ether oxygens (including phenoxy) is 1. The Morgan fingerprint density at radius 2 is 2.00 bits per heavy atom. The van der Waals surface area contributed by atoms with Gasteiger partial charge in [-0.3, -0.25) is 0 Å². The third kappa shape index (κ3) is 2.99. The summed E-state index contributed by atoms with van der Waals surface area (Å²) in [6, 6.07) is 3.22. The van der Waals surface area contributed by atoms with E-state index in [-0.39, 0.29) is 11.6 Å². The van der Waals surface area contributed by atoms with E-state index in [9.17, 15) is 13.2 Å². The molecule has 14 heavy (non-hydrogen) atoms. The van der Waals surface area contributed by atoms with Crippen molar-refractivity contribution in [1.29, 1.82) is 0 Å². The molecule has 0 aliphatic rings. The number of phenolic OH excluding ortho intramolecular Hbond substituents is 1. The van der Waals surface area contributed by atoms with Crippen molar-refractivity contribution in [2.45, 2.75) is 12.2 Å². The number of benzene rings is 1. The molecule has 6 heteroatoms. The van der Waals surface area contributed by atoms with Crippen LogP contribution in [-0.4, -0.2) is 11.5 Å². The Bertz CT molecular complexity index is 325. The van der Waals surface area contributed by atoms with E-state index >= 15 is 0 Å². The van der Waals surface area contributed by atoms with Crippen molar-refractivity contribution >= 4 is 11.6 Å². The zero-order valence-corrected chi connectivity index (χ0v) is 7.56. The number of aromatic hydroxyl groups is 1. The summed E-state index contributed by atoms with van der Waals surface area (Å²) < 4.78 is 38.8. The maximum atomic E-state index is 11.7. The Morgan fingerprint density at radius 3 is 2.43 bits per heavy atom. The van der Waals surface area contributed by atoms with Gasteiger partial charge < -0.3 is 9.84 Å². The molecular weight excluding hydrogens is 221 g/mol. The van der Waals surface area contributed by atoms with Crippen molar-refractivity contribution in [1.82, 2.24) is 0 Å². The first-order chi connectivity index (χ1) is 6.42. The molecule has 0 aromatic heterocycles. The molecule has 0 bridgehead atoms. The zero-order valence-electron chi connectivity index (χ0n) is 6.81. The minimum absolute atomic E-state index is 0.0259. The van der Waals surface area contributed by atoms with Gasteiger partial charge in [0.15, 0.2) is 0 Å². The van der Waals surface area contributed by atoms with Crippen LogP contribution in [0.15, 0.2) is 18.2 Å². The third-order valence-electron chi connectivity index (χ3n) is 1.43. The molecule has 0 atom stereocenters. The Labute approximate surface area is 82.9 Å². The predicted octanol–water partition coefficient (Wildman–Crippen LogP) is 3.03. The smallest absolute Gasteiger partial charge is 0.507 e. The van der Waals surface area contributed by atoms with E-state index < -0.39 is 12.1 Å². The van der Waals surface area contributed by atoms with Crippen LogP contribution in [0.2, 0.25) is 0 Å². The van der Waals surface area contributed by atoms with Crippen molar-refractivity contribution in [3.63, 3.8) is 0 Å². The summed E-state index contributed by atoms with van der Waals surface area (Å²) in [7, 11) is 0. The standard InChI is InChI=1S/C8H6ClF3O2/c9-4-5-1-2-6(3-7(5)13)14-8(10,11)12/h1-3,13H,4H2. The SMILES string of the molecule is Oc1cc(OC(F)(F)F)ccc1CCl. The quantitative estimate of drug-likeness (QED) is 0.786. The van der Waals surface area contributed by atoms with Crippen LogP contribution in [0.1, 0.15) is 5.56 Å². The summed E-state index contributed by atoms with van der Waals surface area (Å²) in [4.78, 5) is 0. The predicted molar refractivity (Wildman–Crippen MR) is 44.3 cm³/mol. The highest BCUT2D eigenvalue weighted by Crippen LogP contribution is 2.28. The minimum atomic E-state index is -4.76. The average Bonchev–Trinajstić information content (AvgIpc) is 2.01. The molecule has 0 saturated heterocycles. The molecule has 0 fully saturated rings. The van der Waals surface area contributed by atoms with Gasteiger partial charge in [0.1, 0.15) is 11.5 Å². The Hall–Kier alpha value is -1.10. The van der Waals surface area contributed by atoms with Gasteiger partial charge in [-0.1, -0.05) is 6.07 Å². The molecule has 1 aromatic rings. The maximum absolute atomic E-state index is 11.7. The molecule has 0 saturated carbocycles. The second-order valence-corrected chi connectivity index (χ2v) is 2.74. The van der Waals surface area contributed by atoms with Crippen LogP contribution in [-0.2, 0) is 5.88 Å². The number of phenols is 1. The summed E-state index contributed by atoms with van der Waals surface area (Å²) in [5.41, 5.74) is 0.348. The van der Waals surface area contributed by atoms with Crippen LogP contribution in [0.3, 0.4) is 0 Å². The van der Waals surface area contributed by atoms with Gasteiger partial charge in [0.2, 0.25) is 0 Å². The van der Waals surface area contributed by atoms with E-state index in [0.717, 1.165) is 12.1 Å². The fourth-order valence-corrected chi connectivity index (χ4v) is 1.08. The molecule has 0 amide bonds. The number of rotatable bonds is 2. The van der Waals surface area contributed by atoms with Crippen molar-refractivity contribution in [3.05, 3.63) is 23.8 Å². The van der Waals surface area contributed by atoms with E-state index in [4.69, 9.17) is 16.7 Å². The first kappa shape index (κ1) is 11.0. The van der Waals surface area contributed by atoms with Gasteiger partial charge in [0.05, 0.1) is 5.88 Å². The highest BCUT2D eigenvalue weighted by Gasteiger charge is 2.31. The summed E-state index contributed by atoms with van der Waals surface area (Å²) in [5.74, 6) is -0.761. The highest BCUT2D eigenvalue weighted by molar-refractivity contribution is 6.17. The van der Waals surface area contributed by atoms with Crippen LogP contribution in [0.5, 0.6) is 11.5 Å². The van der Waals surface area contributed by atoms with E-state index in [1.807, 2.05) is 0 Å². The molecule has 78 valence electrons. The molecule has 1 aromatic carbocycles. The largest absolute Gasteiger partial charge is 0.573 e. The summed E-state index contributed by atoms with van der Waals surface area (Å²) >= 11 is 5.39. The number of halogens is 4. The number of hydrogen-bond acceptors (Lipinski definition) is 2. The van der Waals surface area contributed by atoms with Gasteiger partial charge in [0, 0.05) is 11.6 Å². The summed E-state index contributed by atoms with van der Waals surface area (Å²) in [5, 5.41) is 9.16. The van der Waals surface area contributed by atoms with Gasteiger partial charge in [-0.2, -0.15) is 0 Å². The lowest BCUT2D eigenvalue weighted by Gasteiger charge is -2.09. The van der Waals surface area contributed by atoms with Gasteiger partial charge in [-0.15, -0.1) is 24.8 Å².